The van der Waals surface area contributed by atoms with Crippen LogP contribution in [0.25, 0.3) is 10.8 Å². The summed E-state index contributed by atoms with van der Waals surface area (Å²) in [6, 6.07) is 4.93. The molecule has 2 unspecified atom stereocenters. The maximum absolute atomic E-state index is 5.94. The van der Waals surface area contributed by atoms with Crippen LogP contribution in [-0.4, -0.2) is 11.0 Å². The summed E-state index contributed by atoms with van der Waals surface area (Å²) >= 11 is 1.73. The zero-order valence-electron chi connectivity index (χ0n) is 11.1. The predicted molar refractivity (Wildman–Crippen MR) is 76.2 cm³/mol. The quantitative estimate of drug-likeness (QED) is 0.901. The number of hydrogen-bond donors (Lipinski definition) is 1. The first-order valence-corrected chi connectivity index (χ1v) is 7.89. The minimum Gasteiger partial charge on any atom is -0.458 e. The van der Waals surface area contributed by atoms with Crippen LogP contribution >= 0.6 is 11.3 Å². The number of aromatic nitrogens is 1. The van der Waals surface area contributed by atoms with E-state index in [1.54, 1.807) is 11.3 Å². The fourth-order valence-corrected chi connectivity index (χ4v) is 3.25. The molecule has 0 aliphatic heterocycles. The van der Waals surface area contributed by atoms with Gasteiger partial charge in [-0.05, 0) is 37.3 Å². The zero-order chi connectivity index (χ0) is 12.8. The average molecular weight is 274 g/mol. The van der Waals surface area contributed by atoms with Gasteiger partial charge >= 0.3 is 0 Å². The Hall–Kier alpha value is -1.13. The van der Waals surface area contributed by atoms with Crippen molar-refractivity contribution in [3.63, 3.8) is 0 Å². The molecular formula is C15H18N2OS. The number of nitrogens with one attached hydrogen (secondary N) is 1. The lowest BCUT2D eigenvalue weighted by Gasteiger charge is -1.96. The molecule has 0 amide bonds. The first-order valence-electron chi connectivity index (χ1n) is 7.08. The molecule has 4 heteroatoms. The summed E-state index contributed by atoms with van der Waals surface area (Å²) in [6.45, 7) is 3.22. The van der Waals surface area contributed by atoms with Crippen LogP contribution in [0.15, 0.2) is 22.7 Å². The zero-order valence-corrected chi connectivity index (χ0v) is 11.9. The van der Waals surface area contributed by atoms with E-state index in [0.717, 1.165) is 35.0 Å². The predicted octanol–water partition coefficient (Wildman–Crippen LogP) is 3.78. The van der Waals surface area contributed by atoms with E-state index < -0.39 is 0 Å². The molecule has 2 atom stereocenters. The van der Waals surface area contributed by atoms with Gasteiger partial charge in [0.1, 0.15) is 5.76 Å². The summed E-state index contributed by atoms with van der Waals surface area (Å²) in [5, 5.41) is 4.52. The van der Waals surface area contributed by atoms with Crippen molar-refractivity contribution in [1.29, 1.82) is 0 Å². The molecule has 2 saturated carbocycles. The van der Waals surface area contributed by atoms with Gasteiger partial charge in [-0.25, -0.2) is 4.98 Å². The Bertz CT molecular complexity index is 584. The molecule has 2 aliphatic rings. The van der Waals surface area contributed by atoms with Gasteiger partial charge in [0.05, 0.1) is 0 Å². The topological polar surface area (TPSA) is 38.1 Å². The Labute approximate surface area is 117 Å². The highest BCUT2D eigenvalue weighted by molar-refractivity contribution is 7.14. The van der Waals surface area contributed by atoms with E-state index in [-0.39, 0.29) is 0 Å². The van der Waals surface area contributed by atoms with E-state index in [0.29, 0.717) is 5.92 Å². The van der Waals surface area contributed by atoms with E-state index in [9.17, 15) is 0 Å². The van der Waals surface area contributed by atoms with Gasteiger partial charge < -0.3 is 9.73 Å². The van der Waals surface area contributed by atoms with Crippen molar-refractivity contribution in [2.24, 2.45) is 5.92 Å². The molecule has 2 aromatic heterocycles. The summed E-state index contributed by atoms with van der Waals surface area (Å²) < 4.78 is 5.94. The molecule has 2 heterocycles. The van der Waals surface area contributed by atoms with Crippen LogP contribution in [-0.2, 0) is 6.54 Å². The van der Waals surface area contributed by atoms with Gasteiger partial charge in [-0.3, -0.25) is 0 Å². The molecule has 0 bridgehead atoms. The van der Waals surface area contributed by atoms with Crippen LogP contribution < -0.4 is 5.32 Å². The lowest BCUT2D eigenvalue weighted by atomic mass is 10.3. The van der Waals surface area contributed by atoms with Crippen LogP contribution in [0.5, 0.6) is 0 Å². The highest BCUT2D eigenvalue weighted by atomic mass is 32.1. The number of nitrogens with zero attached hydrogens (tertiary/aromatic N) is 1. The summed E-state index contributed by atoms with van der Waals surface area (Å²) in [7, 11) is 0. The summed E-state index contributed by atoms with van der Waals surface area (Å²) in [5.41, 5.74) is 0. The molecule has 1 N–H and O–H groups in total. The Morgan fingerprint density at radius 1 is 1.42 bits per heavy atom. The molecule has 0 spiro atoms. The molecule has 0 aromatic carbocycles. The van der Waals surface area contributed by atoms with E-state index in [2.05, 4.69) is 29.4 Å². The smallest absolute Gasteiger partial charge is 0.162 e. The lowest BCUT2D eigenvalue weighted by Crippen LogP contribution is -2.14. The number of rotatable bonds is 5. The van der Waals surface area contributed by atoms with Gasteiger partial charge in [-0.2, -0.15) is 0 Å². The second-order valence-corrected chi connectivity index (χ2v) is 6.92. The largest absolute Gasteiger partial charge is 0.458 e. The normalized spacial score (nSPS) is 25.7. The second-order valence-electron chi connectivity index (χ2n) is 5.81. The van der Waals surface area contributed by atoms with Gasteiger partial charge in [0.15, 0.2) is 10.8 Å². The number of hydrogen-bond acceptors (Lipinski definition) is 4. The monoisotopic (exact) mass is 274 g/mol. The van der Waals surface area contributed by atoms with E-state index in [1.807, 2.05) is 6.20 Å². The third-order valence-corrected chi connectivity index (χ3v) is 5.02. The minimum absolute atomic E-state index is 0.643. The Morgan fingerprint density at radius 2 is 2.26 bits per heavy atom. The van der Waals surface area contributed by atoms with Crippen molar-refractivity contribution < 1.29 is 4.42 Å². The molecule has 19 heavy (non-hydrogen) atoms. The van der Waals surface area contributed by atoms with Crippen molar-refractivity contribution in [2.45, 2.75) is 44.7 Å². The molecule has 4 rings (SSSR count). The summed E-state index contributed by atoms with van der Waals surface area (Å²) in [4.78, 5) is 5.77. The van der Waals surface area contributed by atoms with Crippen LogP contribution in [0.1, 0.15) is 42.7 Å². The summed E-state index contributed by atoms with van der Waals surface area (Å²) in [6.07, 6.45) is 5.89. The molecule has 100 valence electrons. The maximum atomic E-state index is 5.94. The fraction of sp³-hybridized carbons (Fsp3) is 0.533. The molecule has 0 radical (unpaired) electrons. The first-order chi connectivity index (χ1) is 9.29. The third-order valence-electron chi connectivity index (χ3n) is 4.01. The van der Waals surface area contributed by atoms with Gasteiger partial charge in [-0.1, -0.05) is 6.92 Å². The lowest BCUT2D eigenvalue weighted by molar-refractivity contribution is 0.518. The summed E-state index contributed by atoms with van der Waals surface area (Å²) in [5.74, 6) is 3.49. The number of furan rings is 1. The van der Waals surface area contributed by atoms with Crippen LogP contribution in [0.3, 0.4) is 0 Å². The van der Waals surface area contributed by atoms with Crippen LogP contribution in [0.4, 0.5) is 0 Å². The Morgan fingerprint density at radius 3 is 3.00 bits per heavy atom. The van der Waals surface area contributed by atoms with Crippen molar-refractivity contribution in [3.05, 3.63) is 29.0 Å². The SMILES string of the molecule is CC1CC1c1ccc(-c2ncc(CNC3CC3)s2)o1. The molecule has 2 aromatic rings. The molecule has 3 nitrogen and oxygen atoms in total. The van der Waals surface area contributed by atoms with Gasteiger partial charge in [0, 0.05) is 29.6 Å². The van der Waals surface area contributed by atoms with Gasteiger partial charge in [0.2, 0.25) is 0 Å². The maximum Gasteiger partial charge on any atom is 0.162 e. The second kappa shape index (κ2) is 4.46. The van der Waals surface area contributed by atoms with Crippen molar-refractivity contribution in [2.75, 3.05) is 0 Å². The van der Waals surface area contributed by atoms with Crippen LogP contribution in [0.2, 0.25) is 0 Å². The molecule has 2 fully saturated rings. The average Bonchev–Trinajstić information content (AvgIpc) is 3.25. The molecular weight excluding hydrogens is 256 g/mol. The van der Waals surface area contributed by atoms with Gasteiger partial charge in [0.25, 0.3) is 0 Å². The fourth-order valence-electron chi connectivity index (χ4n) is 2.42. The van der Waals surface area contributed by atoms with Crippen molar-refractivity contribution in [3.8, 4) is 10.8 Å². The molecule has 0 saturated heterocycles. The van der Waals surface area contributed by atoms with Crippen LogP contribution in [0, 0.1) is 5.92 Å². The number of thiazole rings is 1. The third kappa shape index (κ3) is 2.47. The highest BCUT2D eigenvalue weighted by Gasteiger charge is 2.36. The van der Waals surface area contributed by atoms with E-state index in [4.69, 9.17) is 4.42 Å². The van der Waals surface area contributed by atoms with E-state index >= 15 is 0 Å². The first kappa shape index (κ1) is 11.7. The Balaban J connectivity index is 1.46. The van der Waals surface area contributed by atoms with Crippen molar-refractivity contribution in [1.82, 2.24) is 10.3 Å². The van der Waals surface area contributed by atoms with Gasteiger partial charge in [-0.15, -0.1) is 11.3 Å². The molecule has 2 aliphatic carbocycles. The standard InChI is InChI=1S/C15H18N2OS/c1-9-6-12(9)13-4-5-14(18-13)15-17-8-11(19-15)7-16-10-2-3-10/h4-5,8-10,12,16H,2-3,6-7H2,1H3. The Kier molecular flexibility index (Phi) is 2.74. The minimum atomic E-state index is 0.643. The highest BCUT2D eigenvalue weighted by Crippen LogP contribution is 2.48. The van der Waals surface area contributed by atoms with E-state index in [1.165, 1.54) is 24.1 Å². The van der Waals surface area contributed by atoms with Crippen molar-refractivity contribution >= 4 is 11.3 Å².